The minimum absolute atomic E-state index is 0. The smallest absolute Gasteiger partial charge is 0.243 e. The van der Waals surface area contributed by atoms with Crippen LogP contribution in [-0.2, 0) is 9.53 Å². The molecule has 0 saturated carbocycles. The summed E-state index contributed by atoms with van der Waals surface area (Å²) in [5.41, 5.74) is 0. The second-order valence-electron chi connectivity index (χ2n) is 7.87. The molecular weight excluding hydrogens is 457 g/mol. The molecule has 0 spiro atoms. The fraction of sp³-hybridized carbons (Fsp3) is 0.895. The summed E-state index contributed by atoms with van der Waals surface area (Å²) in [6.07, 6.45) is 4.81. The Morgan fingerprint density at radius 1 is 1.22 bits per heavy atom. The van der Waals surface area contributed by atoms with Crippen molar-refractivity contribution in [1.29, 1.82) is 0 Å². The lowest BCUT2D eigenvalue weighted by atomic mass is 9.99. The van der Waals surface area contributed by atoms with E-state index in [0.29, 0.717) is 5.92 Å². The molecule has 8 heteroatoms. The molecule has 0 aromatic rings. The summed E-state index contributed by atoms with van der Waals surface area (Å²) in [5, 5.41) is 6.76. The van der Waals surface area contributed by atoms with Gasteiger partial charge in [-0.2, -0.15) is 0 Å². The number of nitrogens with one attached hydrogen (secondary N) is 2. The molecule has 0 aromatic carbocycles. The summed E-state index contributed by atoms with van der Waals surface area (Å²) in [4.78, 5) is 20.4. The number of rotatable bonds is 8. The largest absolute Gasteiger partial charge is 0.381 e. The van der Waals surface area contributed by atoms with Crippen molar-refractivity contribution >= 4 is 35.8 Å². The quantitative estimate of drug-likeness (QED) is 0.231. The summed E-state index contributed by atoms with van der Waals surface area (Å²) in [6, 6.07) is 0. The molecule has 2 N–H and O–H groups in total. The molecule has 0 aromatic heterocycles. The van der Waals surface area contributed by atoms with E-state index in [1.807, 2.05) is 0 Å². The fourth-order valence-electron chi connectivity index (χ4n) is 3.24. The van der Waals surface area contributed by atoms with Crippen molar-refractivity contribution in [2.75, 3.05) is 66.6 Å². The average Bonchev–Trinajstić information content (AvgIpc) is 3.15. The molecular formula is C19H38IN5O2. The van der Waals surface area contributed by atoms with Gasteiger partial charge in [-0.1, -0.05) is 6.92 Å². The number of amides is 1. The number of ether oxygens (including phenoxy) is 1. The summed E-state index contributed by atoms with van der Waals surface area (Å²) in [5.74, 6) is 2.15. The SMILES string of the molecule is CC1CCN(CCCNC(=NCC(=O)N(C)C)NCC2CCOC2)CC1.I. The first-order valence-corrected chi connectivity index (χ1v) is 10.1. The lowest BCUT2D eigenvalue weighted by Crippen LogP contribution is -2.42. The molecule has 1 unspecified atom stereocenters. The third-order valence-corrected chi connectivity index (χ3v) is 5.27. The van der Waals surface area contributed by atoms with Gasteiger partial charge in [0.2, 0.25) is 5.91 Å². The standard InChI is InChI=1S/C19H37N5O2.HI/c1-16-5-10-24(11-6-16)9-4-8-20-19(22-14-18(25)23(2)3)21-13-17-7-12-26-15-17;/h16-17H,4-15H2,1-3H3,(H2,20,21,22);1H. The monoisotopic (exact) mass is 495 g/mol. The Morgan fingerprint density at radius 3 is 2.59 bits per heavy atom. The molecule has 2 saturated heterocycles. The summed E-state index contributed by atoms with van der Waals surface area (Å²) in [6.45, 7) is 9.45. The maximum Gasteiger partial charge on any atom is 0.243 e. The minimum atomic E-state index is 0. The van der Waals surface area contributed by atoms with Gasteiger partial charge in [-0.15, -0.1) is 24.0 Å². The third kappa shape index (κ3) is 9.94. The van der Waals surface area contributed by atoms with Crippen LogP contribution < -0.4 is 10.6 Å². The molecule has 2 heterocycles. The van der Waals surface area contributed by atoms with Gasteiger partial charge in [0.1, 0.15) is 6.54 Å². The number of carbonyl (C=O) groups is 1. The van der Waals surface area contributed by atoms with E-state index in [0.717, 1.165) is 57.6 Å². The number of guanidine groups is 1. The number of nitrogens with zero attached hydrogens (tertiary/aromatic N) is 3. The van der Waals surface area contributed by atoms with E-state index < -0.39 is 0 Å². The fourth-order valence-corrected chi connectivity index (χ4v) is 3.24. The van der Waals surface area contributed by atoms with E-state index in [4.69, 9.17) is 4.74 Å². The van der Waals surface area contributed by atoms with Gasteiger partial charge in [-0.25, -0.2) is 4.99 Å². The average molecular weight is 495 g/mol. The summed E-state index contributed by atoms with van der Waals surface area (Å²) < 4.78 is 5.43. The third-order valence-electron chi connectivity index (χ3n) is 5.27. The number of hydrogen-bond donors (Lipinski definition) is 2. The second kappa shape index (κ2) is 13.5. The van der Waals surface area contributed by atoms with Gasteiger partial charge < -0.3 is 25.2 Å². The molecule has 1 amide bonds. The highest BCUT2D eigenvalue weighted by molar-refractivity contribution is 14.0. The molecule has 7 nitrogen and oxygen atoms in total. The van der Waals surface area contributed by atoms with E-state index in [1.165, 1.54) is 25.9 Å². The Bertz CT molecular complexity index is 447. The predicted molar refractivity (Wildman–Crippen MR) is 121 cm³/mol. The van der Waals surface area contributed by atoms with Crippen LogP contribution in [0.3, 0.4) is 0 Å². The van der Waals surface area contributed by atoms with Crippen LogP contribution in [0, 0.1) is 11.8 Å². The Hall–Kier alpha value is -0.610. The van der Waals surface area contributed by atoms with Gasteiger partial charge in [0.15, 0.2) is 5.96 Å². The Kier molecular flexibility index (Phi) is 12.3. The first-order valence-electron chi connectivity index (χ1n) is 10.1. The molecule has 0 aliphatic carbocycles. The van der Waals surface area contributed by atoms with E-state index >= 15 is 0 Å². The number of hydrogen-bond acceptors (Lipinski definition) is 4. The zero-order valence-electron chi connectivity index (χ0n) is 17.2. The maximum absolute atomic E-state index is 11.8. The van der Waals surface area contributed by atoms with E-state index in [9.17, 15) is 4.79 Å². The van der Waals surface area contributed by atoms with Crippen LogP contribution in [-0.4, -0.2) is 88.2 Å². The Balaban J connectivity index is 0.00000364. The highest BCUT2D eigenvalue weighted by atomic mass is 127. The molecule has 0 bridgehead atoms. The number of carbonyl (C=O) groups excluding carboxylic acids is 1. The highest BCUT2D eigenvalue weighted by Gasteiger charge is 2.17. The molecule has 0 radical (unpaired) electrons. The minimum Gasteiger partial charge on any atom is -0.381 e. The topological polar surface area (TPSA) is 69.2 Å². The van der Waals surface area contributed by atoms with Gasteiger partial charge in [-0.3, -0.25) is 4.79 Å². The predicted octanol–water partition coefficient (Wildman–Crippen LogP) is 1.39. The van der Waals surface area contributed by atoms with Crippen molar-refractivity contribution in [1.82, 2.24) is 20.4 Å². The number of piperidine rings is 1. The van der Waals surface area contributed by atoms with Crippen LogP contribution in [0.5, 0.6) is 0 Å². The zero-order chi connectivity index (χ0) is 18.8. The van der Waals surface area contributed by atoms with Crippen molar-refractivity contribution in [3.63, 3.8) is 0 Å². The summed E-state index contributed by atoms with van der Waals surface area (Å²) in [7, 11) is 3.52. The van der Waals surface area contributed by atoms with Crippen LogP contribution >= 0.6 is 24.0 Å². The number of likely N-dealkylation sites (tertiary alicyclic amines) is 1. The van der Waals surface area contributed by atoms with Crippen LogP contribution in [0.15, 0.2) is 4.99 Å². The molecule has 27 heavy (non-hydrogen) atoms. The number of aliphatic imine (C=N–C) groups is 1. The maximum atomic E-state index is 11.8. The molecule has 2 aliphatic rings. The zero-order valence-corrected chi connectivity index (χ0v) is 19.5. The van der Waals surface area contributed by atoms with Crippen molar-refractivity contribution in [2.24, 2.45) is 16.8 Å². The first kappa shape index (κ1) is 24.4. The van der Waals surface area contributed by atoms with Gasteiger partial charge >= 0.3 is 0 Å². The lowest BCUT2D eigenvalue weighted by molar-refractivity contribution is -0.127. The highest BCUT2D eigenvalue weighted by Crippen LogP contribution is 2.15. The normalized spacial score (nSPS) is 21.6. The molecule has 1 atom stereocenters. The van der Waals surface area contributed by atoms with E-state index in [2.05, 4.69) is 27.4 Å². The molecule has 2 fully saturated rings. The Labute approximate surface area is 181 Å². The second-order valence-corrected chi connectivity index (χ2v) is 7.87. The van der Waals surface area contributed by atoms with Crippen molar-refractivity contribution in [2.45, 2.75) is 32.6 Å². The number of likely N-dealkylation sites (N-methyl/N-ethyl adjacent to an activating group) is 1. The van der Waals surface area contributed by atoms with Crippen LogP contribution in [0.25, 0.3) is 0 Å². The molecule has 2 aliphatic heterocycles. The van der Waals surface area contributed by atoms with Gasteiger partial charge in [0.25, 0.3) is 0 Å². The van der Waals surface area contributed by atoms with Crippen molar-refractivity contribution < 1.29 is 9.53 Å². The van der Waals surface area contributed by atoms with Crippen LogP contribution in [0.2, 0.25) is 0 Å². The first-order chi connectivity index (χ1) is 12.5. The summed E-state index contributed by atoms with van der Waals surface area (Å²) >= 11 is 0. The lowest BCUT2D eigenvalue weighted by Gasteiger charge is -2.30. The van der Waals surface area contributed by atoms with Crippen molar-refractivity contribution in [3.8, 4) is 0 Å². The number of halogens is 1. The van der Waals surface area contributed by atoms with Gasteiger partial charge in [0.05, 0.1) is 6.61 Å². The van der Waals surface area contributed by atoms with Crippen LogP contribution in [0.1, 0.15) is 32.6 Å². The van der Waals surface area contributed by atoms with Crippen molar-refractivity contribution in [3.05, 3.63) is 0 Å². The molecule has 2 rings (SSSR count). The van der Waals surface area contributed by atoms with E-state index in [-0.39, 0.29) is 36.4 Å². The van der Waals surface area contributed by atoms with Gasteiger partial charge in [-0.05, 0) is 51.2 Å². The Morgan fingerprint density at radius 2 is 1.96 bits per heavy atom. The van der Waals surface area contributed by atoms with E-state index in [1.54, 1.807) is 19.0 Å². The van der Waals surface area contributed by atoms with Gasteiger partial charge in [0, 0.05) is 39.7 Å². The molecule has 158 valence electrons. The van der Waals surface area contributed by atoms with Crippen LogP contribution in [0.4, 0.5) is 0 Å².